The molecule has 0 bridgehead atoms. The van der Waals surface area contributed by atoms with Gasteiger partial charge in [0.1, 0.15) is 0 Å². The maximum atomic E-state index is 13.3. The molecular formula is C40H52N4O3. The van der Waals surface area contributed by atoms with E-state index in [0.29, 0.717) is 50.3 Å². The van der Waals surface area contributed by atoms with Crippen LogP contribution in [0, 0.1) is 0 Å². The standard InChI is InChI=1S/C40H52N4O3/c1-39(2,3)31-25-30(26-32(27-31)40(4,5)6)33-18-16-29(28-41-33)17-19-34(43-22-11-8-14-37(43)46)35(44-23-12-9-15-38(44)47)20-24-42-21-10-7-13-36(42)45/h16-20,24-28H,7-15,21-23H2,1-6H3/b19-17+,24-20+,35-34-. The van der Waals surface area contributed by atoms with Crippen LogP contribution < -0.4 is 0 Å². The zero-order valence-electron chi connectivity index (χ0n) is 29.3. The molecule has 0 saturated carbocycles. The Morgan fingerprint density at radius 3 is 1.68 bits per heavy atom. The third kappa shape index (κ3) is 8.48. The van der Waals surface area contributed by atoms with E-state index in [4.69, 9.17) is 4.98 Å². The zero-order valence-corrected chi connectivity index (χ0v) is 29.3. The van der Waals surface area contributed by atoms with E-state index >= 15 is 0 Å². The van der Waals surface area contributed by atoms with Crippen LogP contribution in [0.25, 0.3) is 17.3 Å². The predicted molar refractivity (Wildman–Crippen MR) is 189 cm³/mol. The van der Waals surface area contributed by atoms with Gasteiger partial charge in [0.15, 0.2) is 0 Å². The Morgan fingerprint density at radius 2 is 1.19 bits per heavy atom. The maximum absolute atomic E-state index is 13.3. The van der Waals surface area contributed by atoms with Gasteiger partial charge in [0.25, 0.3) is 0 Å². The van der Waals surface area contributed by atoms with Crippen molar-refractivity contribution in [3.8, 4) is 11.3 Å². The van der Waals surface area contributed by atoms with Gasteiger partial charge in [-0.25, -0.2) is 0 Å². The molecule has 3 fully saturated rings. The van der Waals surface area contributed by atoms with Crippen LogP contribution >= 0.6 is 0 Å². The average Bonchev–Trinajstić information content (AvgIpc) is 3.03. The Labute approximate surface area is 281 Å². The molecule has 3 aliphatic heterocycles. The van der Waals surface area contributed by atoms with Crippen molar-refractivity contribution in [2.75, 3.05) is 19.6 Å². The van der Waals surface area contributed by atoms with Crippen molar-refractivity contribution < 1.29 is 14.4 Å². The molecule has 3 saturated heterocycles. The van der Waals surface area contributed by atoms with Crippen LogP contribution in [-0.4, -0.2) is 57.0 Å². The lowest BCUT2D eigenvalue weighted by molar-refractivity contribution is -0.133. The van der Waals surface area contributed by atoms with Crippen LogP contribution in [0.5, 0.6) is 0 Å². The quantitative estimate of drug-likeness (QED) is 0.288. The van der Waals surface area contributed by atoms with Gasteiger partial charge in [0.05, 0.1) is 17.1 Å². The summed E-state index contributed by atoms with van der Waals surface area (Å²) in [5.74, 6) is 0.202. The molecular weight excluding hydrogens is 584 g/mol. The van der Waals surface area contributed by atoms with E-state index in [-0.39, 0.29) is 28.6 Å². The second-order valence-corrected chi connectivity index (χ2v) is 15.2. The van der Waals surface area contributed by atoms with E-state index in [1.54, 1.807) is 4.90 Å². The smallest absolute Gasteiger partial charge is 0.227 e. The van der Waals surface area contributed by atoms with Gasteiger partial charge in [-0.1, -0.05) is 59.8 Å². The summed E-state index contributed by atoms with van der Waals surface area (Å²) in [5, 5.41) is 0. The summed E-state index contributed by atoms with van der Waals surface area (Å²) < 4.78 is 0. The molecule has 0 spiro atoms. The number of allylic oxidation sites excluding steroid dienone is 2. The largest absolute Gasteiger partial charge is 0.319 e. The second kappa shape index (κ2) is 14.4. The molecule has 0 N–H and O–H groups in total. The van der Waals surface area contributed by atoms with Crippen LogP contribution in [-0.2, 0) is 25.2 Å². The van der Waals surface area contributed by atoms with Crippen molar-refractivity contribution in [3.05, 3.63) is 83.0 Å². The fraction of sp³-hybridized carbons (Fsp3) is 0.500. The van der Waals surface area contributed by atoms with E-state index in [9.17, 15) is 14.4 Å². The highest BCUT2D eigenvalue weighted by atomic mass is 16.2. The van der Waals surface area contributed by atoms with Gasteiger partial charge in [0, 0.05) is 56.9 Å². The Hall–Kier alpha value is -4.00. The van der Waals surface area contributed by atoms with Gasteiger partial charge in [-0.2, -0.15) is 0 Å². The van der Waals surface area contributed by atoms with Crippen molar-refractivity contribution >= 4 is 23.8 Å². The van der Waals surface area contributed by atoms with Crippen LogP contribution in [0.1, 0.15) is 116 Å². The number of rotatable bonds is 7. The third-order valence-corrected chi connectivity index (χ3v) is 9.44. The maximum Gasteiger partial charge on any atom is 0.227 e. The van der Waals surface area contributed by atoms with Crippen LogP contribution in [0.2, 0.25) is 0 Å². The fourth-order valence-corrected chi connectivity index (χ4v) is 6.38. The van der Waals surface area contributed by atoms with Crippen molar-refractivity contribution in [1.82, 2.24) is 19.7 Å². The summed E-state index contributed by atoms with van der Waals surface area (Å²) in [6.45, 7) is 15.3. The Morgan fingerprint density at radius 1 is 0.660 bits per heavy atom. The Balaban J connectivity index is 1.54. The minimum Gasteiger partial charge on any atom is -0.319 e. The number of amides is 3. The average molecular weight is 637 g/mol. The first-order valence-electron chi connectivity index (χ1n) is 17.4. The first-order valence-corrected chi connectivity index (χ1v) is 17.4. The van der Waals surface area contributed by atoms with Crippen LogP contribution in [0.4, 0.5) is 0 Å². The van der Waals surface area contributed by atoms with Gasteiger partial charge in [-0.05, 0) is 96.4 Å². The van der Waals surface area contributed by atoms with Gasteiger partial charge >= 0.3 is 0 Å². The number of likely N-dealkylation sites (tertiary alicyclic amines) is 3. The summed E-state index contributed by atoms with van der Waals surface area (Å²) >= 11 is 0. The molecule has 250 valence electrons. The minimum absolute atomic E-state index is 0.0104. The minimum atomic E-state index is 0.0104. The highest BCUT2D eigenvalue weighted by molar-refractivity contribution is 5.83. The number of hydrogen-bond donors (Lipinski definition) is 0. The highest BCUT2D eigenvalue weighted by Gasteiger charge is 2.29. The molecule has 3 amide bonds. The van der Waals surface area contributed by atoms with Crippen molar-refractivity contribution in [3.63, 3.8) is 0 Å². The Kier molecular flexibility index (Phi) is 10.5. The third-order valence-electron chi connectivity index (χ3n) is 9.44. The molecule has 0 radical (unpaired) electrons. The Bertz CT molecular complexity index is 1540. The number of carbonyl (C=O) groups is 3. The van der Waals surface area contributed by atoms with E-state index < -0.39 is 0 Å². The lowest BCUT2D eigenvalue weighted by Crippen LogP contribution is -2.40. The topological polar surface area (TPSA) is 73.8 Å². The van der Waals surface area contributed by atoms with Crippen molar-refractivity contribution in [1.29, 1.82) is 0 Å². The molecule has 0 unspecified atom stereocenters. The normalized spacial score (nSPS) is 19.3. The summed E-state index contributed by atoms with van der Waals surface area (Å²) in [7, 11) is 0. The highest BCUT2D eigenvalue weighted by Crippen LogP contribution is 2.34. The molecule has 5 rings (SSSR count). The monoisotopic (exact) mass is 636 g/mol. The first kappa shape index (κ1) is 34.3. The van der Waals surface area contributed by atoms with Gasteiger partial charge < -0.3 is 14.7 Å². The number of aromatic nitrogens is 1. The summed E-state index contributed by atoms with van der Waals surface area (Å²) in [6, 6.07) is 10.9. The molecule has 0 atom stereocenters. The first-order chi connectivity index (χ1) is 22.3. The molecule has 3 aliphatic rings. The molecule has 0 aliphatic carbocycles. The summed E-state index contributed by atoms with van der Waals surface area (Å²) in [6.07, 6.45) is 16.4. The predicted octanol–water partition coefficient (Wildman–Crippen LogP) is 8.12. The van der Waals surface area contributed by atoms with Crippen LogP contribution in [0.3, 0.4) is 0 Å². The molecule has 2 aromatic rings. The second-order valence-electron chi connectivity index (χ2n) is 15.2. The molecule has 4 heterocycles. The SMILES string of the molecule is CC(C)(C)c1cc(-c2ccc(/C=C/C(=C(\C=C\N3CCCCC3=O)N3CCCCC3=O)N3CCCCC3=O)cn2)cc(C(C)(C)C)c1. The van der Waals surface area contributed by atoms with Crippen molar-refractivity contribution in [2.24, 2.45) is 0 Å². The zero-order chi connectivity index (χ0) is 33.8. The van der Waals surface area contributed by atoms with Gasteiger partial charge in [-0.15, -0.1) is 0 Å². The van der Waals surface area contributed by atoms with Gasteiger partial charge in [-0.3, -0.25) is 19.4 Å². The lowest BCUT2D eigenvalue weighted by atomic mass is 9.79. The number of nitrogens with zero attached hydrogens (tertiary/aromatic N) is 4. The van der Waals surface area contributed by atoms with Crippen molar-refractivity contribution in [2.45, 2.75) is 110 Å². The van der Waals surface area contributed by atoms with E-state index in [0.717, 1.165) is 55.3 Å². The fourth-order valence-electron chi connectivity index (χ4n) is 6.38. The molecule has 47 heavy (non-hydrogen) atoms. The number of piperidine rings is 3. The number of hydrogen-bond acceptors (Lipinski definition) is 4. The van der Waals surface area contributed by atoms with Crippen LogP contribution in [0.15, 0.2) is 66.3 Å². The number of pyridine rings is 1. The molecule has 1 aromatic carbocycles. The lowest BCUT2D eigenvalue weighted by Gasteiger charge is -2.34. The number of benzene rings is 1. The van der Waals surface area contributed by atoms with E-state index in [1.165, 1.54) is 11.1 Å². The van der Waals surface area contributed by atoms with E-state index in [2.05, 4.69) is 71.9 Å². The molecule has 7 heteroatoms. The summed E-state index contributed by atoms with van der Waals surface area (Å²) in [5.41, 5.74) is 6.87. The molecule has 7 nitrogen and oxygen atoms in total. The van der Waals surface area contributed by atoms with Gasteiger partial charge in [0.2, 0.25) is 17.7 Å². The molecule has 1 aromatic heterocycles. The summed E-state index contributed by atoms with van der Waals surface area (Å²) in [4.78, 5) is 49.5. The number of carbonyl (C=O) groups excluding carboxylic acids is 3. The van der Waals surface area contributed by atoms with E-state index in [1.807, 2.05) is 40.4 Å².